The summed E-state index contributed by atoms with van der Waals surface area (Å²) >= 11 is 0. The monoisotopic (exact) mass is 1320 g/mol. The highest BCUT2D eigenvalue weighted by Gasteiger charge is 2.47. The topological polar surface area (TPSA) is 175 Å². The van der Waals surface area contributed by atoms with Crippen LogP contribution in [0, 0.1) is 0 Å². The van der Waals surface area contributed by atoms with Crippen LogP contribution >= 0.6 is 0 Å². The molecule has 11 heteroatoms. The summed E-state index contributed by atoms with van der Waals surface area (Å²) in [5, 5.41) is 57.4. The van der Waals surface area contributed by atoms with Crippen molar-refractivity contribution in [1.29, 1.82) is 0 Å². The second-order valence-corrected chi connectivity index (χ2v) is 29.2. The molecule has 0 saturated carbocycles. The van der Waals surface area contributed by atoms with Crippen LogP contribution in [-0.4, -0.2) is 99.6 Å². The highest BCUT2D eigenvalue weighted by molar-refractivity contribution is 5.80. The van der Waals surface area contributed by atoms with Crippen molar-refractivity contribution >= 4 is 11.9 Å². The lowest BCUT2D eigenvalue weighted by atomic mass is 9.99. The molecule has 1 heterocycles. The van der Waals surface area contributed by atoms with Crippen LogP contribution in [0.15, 0.2) is 12.2 Å². The van der Waals surface area contributed by atoms with Crippen LogP contribution < -0.4 is 5.32 Å². The first-order valence-corrected chi connectivity index (χ1v) is 41.5. The van der Waals surface area contributed by atoms with Gasteiger partial charge in [0, 0.05) is 6.42 Å². The minimum Gasteiger partial charge on any atom is -0.454 e. The maximum atomic E-state index is 13.5. The number of unbranched alkanes of at least 4 members (excludes halogenated alkanes) is 60. The van der Waals surface area contributed by atoms with Crippen molar-refractivity contribution in [2.75, 3.05) is 13.2 Å². The van der Waals surface area contributed by atoms with Gasteiger partial charge in [-0.2, -0.15) is 0 Å². The average Bonchev–Trinajstić information content (AvgIpc) is 0.927. The van der Waals surface area contributed by atoms with Gasteiger partial charge in [0.2, 0.25) is 5.91 Å². The molecule has 1 rings (SSSR count). The molecule has 0 bridgehead atoms. The lowest BCUT2D eigenvalue weighted by Crippen LogP contribution is -2.61. The lowest BCUT2D eigenvalue weighted by molar-refractivity contribution is -0.305. The van der Waals surface area contributed by atoms with Gasteiger partial charge in [-0.3, -0.25) is 9.59 Å². The van der Waals surface area contributed by atoms with Gasteiger partial charge in [0.25, 0.3) is 0 Å². The molecule has 1 aliphatic heterocycles. The molecule has 8 unspecified atom stereocenters. The molecule has 93 heavy (non-hydrogen) atoms. The van der Waals surface area contributed by atoms with Crippen LogP contribution in [0.4, 0.5) is 0 Å². The van der Waals surface area contributed by atoms with Gasteiger partial charge >= 0.3 is 5.97 Å². The Morgan fingerprint density at radius 1 is 0.409 bits per heavy atom. The van der Waals surface area contributed by atoms with Gasteiger partial charge in [0.1, 0.15) is 24.4 Å². The molecule has 0 aromatic rings. The number of amides is 1. The normalized spacial score (nSPS) is 17.8. The van der Waals surface area contributed by atoms with Crippen molar-refractivity contribution < 1.29 is 49.3 Å². The summed E-state index contributed by atoms with van der Waals surface area (Å²) in [7, 11) is 0. The largest absolute Gasteiger partial charge is 0.454 e. The first-order chi connectivity index (χ1) is 45.7. The lowest BCUT2D eigenvalue weighted by Gasteiger charge is -2.41. The molecule has 0 radical (unpaired) electrons. The van der Waals surface area contributed by atoms with E-state index in [0.29, 0.717) is 19.3 Å². The van der Waals surface area contributed by atoms with E-state index >= 15 is 0 Å². The Hall–Kier alpha value is -1.60. The molecule has 1 aliphatic rings. The van der Waals surface area contributed by atoms with E-state index in [2.05, 4.69) is 26.1 Å². The highest BCUT2D eigenvalue weighted by Crippen LogP contribution is 2.27. The van der Waals surface area contributed by atoms with Gasteiger partial charge in [-0.15, -0.1) is 0 Å². The van der Waals surface area contributed by atoms with Crippen LogP contribution in [-0.2, 0) is 23.8 Å². The van der Waals surface area contributed by atoms with E-state index in [-0.39, 0.29) is 13.0 Å². The number of ether oxygens (including phenoxy) is 3. The summed E-state index contributed by atoms with van der Waals surface area (Å²) in [6, 6.07) is -1.02. The number of carbonyl (C=O) groups is 2. The minimum absolute atomic E-state index is 0.133. The molecule has 1 fully saturated rings. The van der Waals surface area contributed by atoms with Crippen molar-refractivity contribution in [3.05, 3.63) is 12.2 Å². The predicted octanol–water partition coefficient (Wildman–Crippen LogP) is 22.5. The van der Waals surface area contributed by atoms with E-state index in [1.165, 1.54) is 334 Å². The maximum Gasteiger partial charge on any atom is 0.306 e. The Bertz CT molecular complexity index is 1570. The van der Waals surface area contributed by atoms with E-state index < -0.39 is 67.4 Å². The molecule has 552 valence electrons. The third-order valence-electron chi connectivity index (χ3n) is 20.2. The second kappa shape index (κ2) is 70.3. The molecule has 0 aromatic carbocycles. The molecule has 8 atom stereocenters. The molecule has 6 N–H and O–H groups in total. The molecular formula is C82H159NO10. The first-order valence-electron chi connectivity index (χ1n) is 41.5. The Kier molecular flexibility index (Phi) is 67.6. The Labute approximate surface area is 576 Å². The van der Waals surface area contributed by atoms with Gasteiger partial charge in [-0.1, -0.05) is 418 Å². The van der Waals surface area contributed by atoms with Crippen molar-refractivity contribution in [2.45, 2.75) is 487 Å². The van der Waals surface area contributed by atoms with E-state index in [1.54, 1.807) is 6.08 Å². The van der Waals surface area contributed by atoms with E-state index in [1.807, 2.05) is 6.08 Å². The third kappa shape index (κ3) is 56.9. The third-order valence-corrected chi connectivity index (χ3v) is 20.2. The van der Waals surface area contributed by atoms with Gasteiger partial charge in [0.15, 0.2) is 12.4 Å². The molecule has 0 aliphatic carbocycles. The van der Waals surface area contributed by atoms with Crippen molar-refractivity contribution in [3.63, 3.8) is 0 Å². The van der Waals surface area contributed by atoms with Crippen LogP contribution in [0.25, 0.3) is 0 Å². The zero-order chi connectivity index (χ0) is 67.4. The fraction of sp³-hybridized carbons (Fsp3) is 0.951. The molecule has 1 saturated heterocycles. The molecule has 0 aromatic heterocycles. The highest BCUT2D eigenvalue weighted by atomic mass is 16.7. The molecular weight excluding hydrogens is 1160 g/mol. The molecule has 0 spiro atoms. The molecule has 11 nitrogen and oxygen atoms in total. The quantitative estimate of drug-likeness (QED) is 0.0195. The van der Waals surface area contributed by atoms with E-state index in [4.69, 9.17) is 14.2 Å². The SMILES string of the molecule is CCCCCCCCCCC/C=C/C(O)C(COC1OC(CO)C(O)C(O)C1OC(=O)CCCCCCCCCCCCCCCCCCCCCCCCCCCCC)NC(=O)C(O)CCCCCCCCCCCCCCCCCCCCCCCCCCCC. The Morgan fingerprint density at radius 2 is 0.699 bits per heavy atom. The number of carbonyl (C=O) groups excluding carboxylic acids is 2. The predicted molar refractivity (Wildman–Crippen MR) is 394 cm³/mol. The van der Waals surface area contributed by atoms with Crippen molar-refractivity contribution in [1.82, 2.24) is 5.32 Å². The zero-order valence-corrected chi connectivity index (χ0v) is 61.9. The van der Waals surface area contributed by atoms with Gasteiger partial charge in [0.05, 0.1) is 25.4 Å². The molecule has 1 amide bonds. The number of aliphatic hydroxyl groups excluding tert-OH is 5. The number of hydrogen-bond donors (Lipinski definition) is 6. The average molecular weight is 1320 g/mol. The number of hydrogen-bond acceptors (Lipinski definition) is 10. The van der Waals surface area contributed by atoms with E-state index in [0.717, 1.165) is 57.8 Å². The number of rotatable bonds is 74. The number of esters is 1. The van der Waals surface area contributed by atoms with Crippen LogP contribution in [0.5, 0.6) is 0 Å². The first kappa shape index (κ1) is 89.4. The van der Waals surface area contributed by atoms with Crippen LogP contribution in [0.1, 0.15) is 438 Å². The van der Waals surface area contributed by atoms with Crippen LogP contribution in [0.3, 0.4) is 0 Å². The van der Waals surface area contributed by atoms with Crippen molar-refractivity contribution in [2.24, 2.45) is 0 Å². The van der Waals surface area contributed by atoms with E-state index in [9.17, 15) is 35.1 Å². The zero-order valence-electron chi connectivity index (χ0n) is 61.9. The Morgan fingerprint density at radius 3 is 1.01 bits per heavy atom. The Balaban J connectivity index is 2.43. The fourth-order valence-corrected chi connectivity index (χ4v) is 13.7. The number of aliphatic hydroxyl groups is 5. The summed E-state index contributed by atoms with van der Waals surface area (Å²) in [6.07, 6.45) is 75.8. The summed E-state index contributed by atoms with van der Waals surface area (Å²) in [5.41, 5.74) is 0. The van der Waals surface area contributed by atoms with Gasteiger partial charge in [-0.05, 0) is 25.7 Å². The van der Waals surface area contributed by atoms with Crippen molar-refractivity contribution in [3.8, 4) is 0 Å². The fourth-order valence-electron chi connectivity index (χ4n) is 13.7. The summed E-state index contributed by atoms with van der Waals surface area (Å²) in [4.78, 5) is 26.8. The van der Waals surface area contributed by atoms with Crippen LogP contribution in [0.2, 0.25) is 0 Å². The summed E-state index contributed by atoms with van der Waals surface area (Å²) in [6.45, 7) is 5.88. The number of allylic oxidation sites excluding steroid dienone is 1. The second-order valence-electron chi connectivity index (χ2n) is 29.2. The summed E-state index contributed by atoms with van der Waals surface area (Å²) in [5.74, 6) is -1.17. The smallest absolute Gasteiger partial charge is 0.306 e. The van der Waals surface area contributed by atoms with Gasteiger partial charge < -0.3 is 45.1 Å². The van der Waals surface area contributed by atoms with Gasteiger partial charge in [-0.25, -0.2) is 0 Å². The standard InChI is InChI=1S/C82H159NO10/c1-4-7-10-13-16-19-22-24-26-28-30-32-34-36-38-40-42-44-46-48-50-52-55-58-61-64-67-70-77(87)93-80-79(89)78(88)76(71-84)92-82(80)91-72-73(74(85)68-65-62-59-56-53-21-18-15-12-9-6-3)83-81(90)75(86)69-66-63-60-57-54-51-49-47-45-43-41-39-37-35-33-31-29-27-25-23-20-17-14-11-8-5-2/h65,68,73-76,78-80,82,84-86,88-89H,4-64,66-67,69-72H2,1-3H3,(H,83,90)/b68-65+. The minimum atomic E-state index is -1.61. The summed E-state index contributed by atoms with van der Waals surface area (Å²) < 4.78 is 17.8. The number of nitrogens with one attached hydrogen (secondary N) is 1. The maximum absolute atomic E-state index is 13.5.